The van der Waals surface area contributed by atoms with E-state index in [0.29, 0.717) is 46.1 Å². The number of fused-ring (bicyclic) bond motifs is 2. The number of halogens is 1. The molecule has 4 aromatic rings. The summed E-state index contributed by atoms with van der Waals surface area (Å²) in [4.78, 5) is 22.5. The minimum absolute atomic E-state index is 0.00618. The van der Waals surface area contributed by atoms with Crippen molar-refractivity contribution in [3.05, 3.63) is 83.4 Å². The topological polar surface area (TPSA) is 93.6 Å². The molecule has 0 spiro atoms. The van der Waals surface area contributed by atoms with Gasteiger partial charge in [0.25, 0.3) is 5.91 Å². The average molecular weight is 514 g/mol. The van der Waals surface area contributed by atoms with Gasteiger partial charge in [-0.25, -0.2) is 9.37 Å². The number of ether oxygens (including phenoxy) is 2. The predicted molar refractivity (Wildman–Crippen MR) is 141 cm³/mol. The van der Waals surface area contributed by atoms with Crippen LogP contribution in [-0.2, 0) is 5.60 Å². The zero-order chi connectivity index (χ0) is 26.4. The summed E-state index contributed by atoms with van der Waals surface area (Å²) in [5, 5.41) is 15.7. The van der Waals surface area contributed by atoms with Crippen molar-refractivity contribution in [3.63, 3.8) is 0 Å². The summed E-state index contributed by atoms with van der Waals surface area (Å²) < 4.78 is 25.0. The molecule has 3 heterocycles. The average Bonchev–Trinajstić information content (AvgIpc) is 3.74. The van der Waals surface area contributed by atoms with Gasteiger partial charge in [-0.05, 0) is 67.3 Å². The molecule has 8 heteroatoms. The molecule has 38 heavy (non-hydrogen) atoms. The Bertz CT molecular complexity index is 1540. The molecule has 2 atom stereocenters. The number of hydrogen-bond donors (Lipinski definition) is 2. The molecule has 2 N–H and O–H groups in total. The van der Waals surface area contributed by atoms with E-state index in [1.165, 1.54) is 12.1 Å². The molecule has 1 fully saturated rings. The monoisotopic (exact) mass is 513 g/mol. The molecule has 0 saturated heterocycles. The minimum Gasteiger partial charge on any atom is -0.494 e. The second-order valence-electron chi connectivity index (χ2n) is 10.1. The number of methoxy groups -OCH3 is 1. The van der Waals surface area contributed by atoms with Gasteiger partial charge in [0.05, 0.1) is 26.0 Å². The standard InChI is InChI=1S/C30H28FN3O4/c1-17-15-38-28-23(17)14-25(34-27(28)18-5-9-22(31)10-6-18)30(36,21-7-8-21)16-33-29(35)20-12-19-4-3-11-32-26(19)24(13-20)37-2/h3-6,9-14,17,21,36H,7-8,15-16H2,1-2H3,(H,33,35)/t17-,30?/m1/s1. The van der Waals surface area contributed by atoms with E-state index in [-0.39, 0.29) is 30.1 Å². The molecule has 194 valence electrons. The molecule has 1 unspecified atom stereocenters. The Kier molecular flexibility index (Phi) is 5.99. The maximum Gasteiger partial charge on any atom is 0.251 e. The Balaban J connectivity index is 1.34. The molecular weight excluding hydrogens is 485 g/mol. The molecule has 1 aliphatic heterocycles. The molecule has 1 aliphatic carbocycles. The third-order valence-electron chi connectivity index (χ3n) is 7.49. The fraction of sp³-hybridized carbons (Fsp3) is 0.300. The van der Waals surface area contributed by atoms with Crippen LogP contribution in [0.2, 0.25) is 0 Å². The van der Waals surface area contributed by atoms with Crippen LogP contribution < -0.4 is 14.8 Å². The van der Waals surface area contributed by atoms with Gasteiger partial charge in [-0.15, -0.1) is 0 Å². The molecule has 2 aliphatic rings. The first-order valence-corrected chi connectivity index (χ1v) is 12.7. The zero-order valence-electron chi connectivity index (χ0n) is 21.2. The Labute approximate surface area is 219 Å². The second-order valence-corrected chi connectivity index (χ2v) is 10.1. The molecule has 1 amide bonds. The highest BCUT2D eigenvalue weighted by Gasteiger charge is 2.47. The van der Waals surface area contributed by atoms with Crippen LogP contribution in [0.1, 0.15) is 47.3 Å². The normalized spacial score (nSPS) is 17.9. The summed E-state index contributed by atoms with van der Waals surface area (Å²) in [6, 6.07) is 15.1. The number of nitrogens with one attached hydrogen (secondary N) is 1. The van der Waals surface area contributed by atoms with E-state index in [2.05, 4.69) is 17.2 Å². The van der Waals surface area contributed by atoms with Gasteiger partial charge in [-0.1, -0.05) is 13.0 Å². The third kappa shape index (κ3) is 4.24. The highest BCUT2D eigenvalue weighted by atomic mass is 19.1. The number of nitrogens with zero attached hydrogens (tertiary/aromatic N) is 2. The van der Waals surface area contributed by atoms with Crippen molar-refractivity contribution in [2.75, 3.05) is 20.3 Å². The minimum atomic E-state index is -1.37. The number of aliphatic hydroxyl groups is 1. The Hall–Kier alpha value is -4.04. The fourth-order valence-electron chi connectivity index (χ4n) is 5.16. The van der Waals surface area contributed by atoms with Crippen LogP contribution in [-0.4, -0.2) is 41.2 Å². The van der Waals surface area contributed by atoms with Gasteiger partial charge >= 0.3 is 0 Å². The first kappa shape index (κ1) is 24.3. The summed E-state index contributed by atoms with van der Waals surface area (Å²) in [6.07, 6.45) is 3.34. The Morgan fingerprint density at radius 3 is 2.74 bits per heavy atom. The second kappa shape index (κ2) is 9.36. The Morgan fingerprint density at radius 2 is 2.00 bits per heavy atom. The summed E-state index contributed by atoms with van der Waals surface area (Å²) in [5.41, 5.74) is 2.42. The fourth-order valence-corrected chi connectivity index (χ4v) is 5.16. The molecule has 2 aromatic heterocycles. The summed E-state index contributed by atoms with van der Waals surface area (Å²) in [5.74, 6) is 0.569. The lowest BCUT2D eigenvalue weighted by Crippen LogP contribution is -2.43. The molecule has 2 aromatic carbocycles. The van der Waals surface area contributed by atoms with Crippen molar-refractivity contribution in [2.45, 2.75) is 31.3 Å². The zero-order valence-corrected chi connectivity index (χ0v) is 21.2. The third-order valence-corrected chi connectivity index (χ3v) is 7.49. The summed E-state index contributed by atoms with van der Waals surface area (Å²) in [7, 11) is 1.54. The van der Waals surface area contributed by atoms with E-state index in [1.54, 1.807) is 43.6 Å². The summed E-state index contributed by atoms with van der Waals surface area (Å²) in [6.45, 7) is 2.56. The maximum atomic E-state index is 13.6. The van der Waals surface area contributed by atoms with Gasteiger partial charge < -0.3 is 19.9 Å². The van der Waals surface area contributed by atoms with E-state index in [4.69, 9.17) is 14.5 Å². The van der Waals surface area contributed by atoms with Gasteiger partial charge in [0.2, 0.25) is 0 Å². The van der Waals surface area contributed by atoms with Crippen LogP contribution in [0, 0.1) is 11.7 Å². The highest BCUT2D eigenvalue weighted by molar-refractivity contribution is 5.99. The number of rotatable bonds is 7. The SMILES string of the molecule is COc1cc(C(=O)NCC(O)(c2cc3c(c(-c4ccc(F)cc4)n2)OC[C@H]3C)C2CC2)cc2cccnc12. The van der Waals surface area contributed by atoms with Crippen molar-refractivity contribution in [2.24, 2.45) is 5.92 Å². The molecule has 7 nitrogen and oxygen atoms in total. The largest absolute Gasteiger partial charge is 0.494 e. The van der Waals surface area contributed by atoms with Crippen molar-refractivity contribution >= 4 is 16.8 Å². The van der Waals surface area contributed by atoms with Gasteiger partial charge in [0, 0.05) is 34.2 Å². The Morgan fingerprint density at radius 1 is 1.21 bits per heavy atom. The maximum absolute atomic E-state index is 13.6. The molecule has 6 rings (SSSR count). The highest BCUT2D eigenvalue weighted by Crippen LogP contribution is 2.48. The smallest absolute Gasteiger partial charge is 0.251 e. The van der Waals surface area contributed by atoms with E-state index in [0.717, 1.165) is 23.8 Å². The molecule has 0 radical (unpaired) electrons. The number of benzene rings is 2. The van der Waals surface area contributed by atoms with Crippen LogP contribution in [0.5, 0.6) is 11.5 Å². The van der Waals surface area contributed by atoms with Crippen molar-refractivity contribution in [3.8, 4) is 22.8 Å². The summed E-state index contributed by atoms with van der Waals surface area (Å²) >= 11 is 0. The van der Waals surface area contributed by atoms with Crippen molar-refractivity contribution in [1.29, 1.82) is 0 Å². The van der Waals surface area contributed by atoms with Gasteiger partial charge in [-0.3, -0.25) is 9.78 Å². The number of amides is 1. The molecule has 1 saturated carbocycles. The van der Waals surface area contributed by atoms with Crippen molar-refractivity contribution < 1.29 is 23.8 Å². The predicted octanol–water partition coefficient (Wildman–Crippen LogP) is 4.97. The van der Waals surface area contributed by atoms with Gasteiger partial charge in [0.1, 0.15) is 34.1 Å². The van der Waals surface area contributed by atoms with Crippen LogP contribution >= 0.6 is 0 Å². The lowest BCUT2D eigenvalue weighted by atomic mass is 9.89. The van der Waals surface area contributed by atoms with Crippen LogP contribution in [0.4, 0.5) is 4.39 Å². The van der Waals surface area contributed by atoms with Gasteiger partial charge in [0.15, 0.2) is 0 Å². The van der Waals surface area contributed by atoms with Crippen LogP contribution in [0.25, 0.3) is 22.2 Å². The van der Waals surface area contributed by atoms with E-state index in [9.17, 15) is 14.3 Å². The number of hydrogen-bond acceptors (Lipinski definition) is 6. The number of pyridine rings is 2. The van der Waals surface area contributed by atoms with Crippen molar-refractivity contribution in [1.82, 2.24) is 15.3 Å². The van der Waals surface area contributed by atoms with E-state index in [1.807, 2.05) is 12.1 Å². The van der Waals surface area contributed by atoms with E-state index >= 15 is 0 Å². The van der Waals surface area contributed by atoms with E-state index < -0.39 is 5.60 Å². The number of carbonyl (C=O) groups is 1. The molecular formula is C30H28FN3O4. The molecule has 0 bridgehead atoms. The number of carbonyl (C=O) groups excluding carboxylic acids is 1. The first-order chi connectivity index (χ1) is 18.4. The van der Waals surface area contributed by atoms with Crippen LogP contribution in [0.3, 0.4) is 0 Å². The quantitative estimate of drug-likeness (QED) is 0.363. The van der Waals surface area contributed by atoms with Gasteiger partial charge in [-0.2, -0.15) is 0 Å². The number of aromatic nitrogens is 2. The van der Waals surface area contributed by atoms with Crippen LogP contribution in [0.15, 0.2) is 60.8 Å². The lowest BCUT2D eigenvalue weighted by molar-refractivity contribution is 0.00950. The lowest BCUT2D eigenvalue weighted by Gasteiger charge is -2.29. The first-order valence-electron chi connectivity index (χ1n) is 12.7.